The number of rotatable bonds is 8. The number of hydrogen-bond acceptors (Lipinski definition) is 3. The molecule has 3 nitrogen and oxygen atoms in total. The monoisotopic (exact) mass is 270 g/mol. The van der Waals surface area contributed by atoms with Gasteiger partial charge in [-0.3, -0.25) is 0 Å². The molecule has 1 aliphatic carbocycles. The molecule has 2 atom stereocenters. The predicted octanol–water partition coefficient (Wildman–Crippen LogP) is 2.76. The van der Waals surface area contributed by atoms with Crippen LogP contribution < -0.4 is 5.32 Å². The molecular weight excluding hydrogens is 236 g/mol. The summed E-state index contributed by atoms with van der Waals surface area (Å²) < 4.78 is 5.10. The lowest BCUT2D eigenvalue weighted by Gasteiger charge is -2.21. The molecule has 3 heteroatoms. The standard InChI is InChI=1S/C16H34N2O/c1-14(2)15-6-5-7-16(9-8-15)17-10-11-18(3)12-13-19-4/h14-17H,5-13H2,1-4H3. The van der Waals surface area contributed by atoms with Gasteiger partial charge in [0, 0.05) is 32.8 Å². The minimum absolute atomic E-state index is 0.750. The van der Waals surface area contributed by atoms with Gasteiger partial charge in [0.2, 0.25) is 0 Å². The molecule has 1 N–H and O–H groups in total. The first kappa shape index (κ1) is 16.9. The number of methoxy groups -OCH3 is 1. The van der Waals surface area contributed by atoms with Gasteiger partial charge in [0.15, 0.2) is 0 Å². The number of likely N-dealkylation sites (N-methyl/N-ethyl adjacent to an activating group) is 1. The van der Waals surface area contributed by atoms with Crippen LogP contribution >= 0.6 is 0 Å². The van der Waals surface area contributed by atoms with E-state index in [1.807, 2.05) is 0 Å². The number of ether oxygens (including phenoxy) is 1. The van der Waals surface area contributed by atoms with Gasteiger partial charge >= 0.3 is 0 Å². The van der Waals surface area contributed by atoms with Gasteiger partial charge in [0.1, 0.15) is 0 Å². The summed E-state index contributed by atoms with van der Waals surface area (Å²) >= 11 is 0. The molecule has 0 bridgehead atoms. The van der Waals surface area contributed by atoms with Crippen molar-refractivity contribution in [1.29, 1.82) is 0 Å². The van der Waals surface area contributed by atoms with Crippen LogP contribution in [0, 0.1) is 11.8 Å². The number of nitrogens with one attached hydrogen (secondary N) is 1. The molecule has 0 aromatic rings. The van der Waals surface area contributed by atoms with E-state index in [9.17, 15) is 0 Å². The Balaban J connectivity index is 2.12. The van der Waals surface area contributed by atoms with Crippen molar-refractivity contribution in [3.8, 4) is 0 Å². The molecular formula is C16H34N2O. The van der Waals surface area contributed by atoms with Crippen LogP contribution in [0.3, 0.4) is 0 Å². The smallest absolute Gasteiger partial charge is 0.0589 e. The summed E-state index contributed by atoms with van der Waals surface area (Å²) in [5.74, 6) is 1.81. The van der Waals surface area contributed by atoms with Gasteiger partial charge in [0.05, 0.1) is 6.61 Å². The van der Waals surface area contributed by atoms with Crippen molar-refractivity contribution >= 4 is 0 Å². The molecule has 114 valence electrons. The zero-order chi connectivity index (χ0) is 14.1. The molecule has 0 heterocycles. The molecule has 0 radical (unpaired) electrons. The van der Waals surface area contributed by atoms with E-state index in [4.69, 9.17) is 4.74 Å². The quantitative estimate of drug-likeness (QED) is 0.686. The largest absolute Gasteiger partial charge is 0.383 e. The third kappa shape index (κ3) is 7.28. The van der Waals surface area contributed by atoms with Gasteiger partial charge in [-0.2, -0.15) is 0 Å². The first-order chi connectivity index (χ1) is 9.13. The lowest BCUT2D eigenvalue weighted by atomic mass is 9.89. The number of nitrogens with zero attached hydrogens (tertiary/aromatic N) is 1. The van der Waals surface area contributed by atoms with Crippen molar-refractivity contribution in [2.45, 2.75) is 52.0 Å². The molecule has 0 saturated heterocycles. The molecule has 1 rings (SSSR count). The third-order valence-corrected chi connectivity index (χ3v) is 4.56. The second-order valence-corrected chi connectivity index (χ2v) is 6.46. The van der Waals surface area contributed by atoms with E-state index in [0.29, 0.717) is 0 Å². The average molecular weight is 270 g/mol. The van der Waals surface area contributed by atoms with Crippen LogP contribution in [0.15, 0.2) is 0 Å². The maximum atomic E-state index is 5.10. The molecule has 0 aliphatic heterocycles. The highest BCUT2D eigenvalue weighted by atomic mass is 16.5. The van der Waals surface area contributed by atoms with Gasteiger partial charge in [-0.15, -0.1) is 0 Å². The Kier molecular flexibility index (Phi) is 8.67. The van der Waals surface area contributed by atoms with E-state index in [1.54, 1.807) is 7.11 Å². The summed E-state index contributed by atoms with van der Waals surface area (Å²) in [5, 5.41) is 3.75. The van der Waals surface area contributed by atoms with Gasteiger partial charge in [-0.25, -0.2) is 0 Å². The lowest BCUT2D eigenvalue weighted by molar-refractivity contribution is 0.161. The van der Waals surface area contributed by atoms with E-state index >= 15 is 0 Å². The molecule has 1 saturated carbocycles. The van der Waals surface area contributed by atoms with E-state index in [2.05, 4.69) is 31.1 Å². The zero-order valence-electron chi connectivity index (χ0n) is 13.5. The maximum absolute atomic E-state index is 5.10. The van der Waals surface area contributed by atoms with E-state index in [1.165, 1.54) is 32.1 Å². The van der Waals surface area contributed by atoms with Crippen molar-refractivity contribution < 1.29 is 4.74 Å². The first-order valence-electron chi connectivity index (χ1n) is 8.04. The fraction of sp³-hybridized carbons (Fsp3) is 1.00. The fourth-order valence-corrected chi connectivity index (χ4v) is 3.02. The summed E-state index contributed by atoms with van der Waals surface area (Å²) in [6.07, 6.45) is 6.98. The minimum atomic E-state index is 0.750. The van der Waals surface area contributed by atoms with Crippen LogP contribution in [0.2, 0.25) is 0 Å². The number of hydrogen-bond donors (Lipinski definition) is 1. The van der Waals surface area contributed by atoms with Crippen LogP contribution in [0.5, 0.6) is 0 Å². The fourth-order valence-electron chi connectivity index (χ4n) is 3.02. The topological polar surface area (TPSA) is 24.5 Å². The molecule has 0 amide bonds. The Morgan fingerprint density at radius 1 is 1.16 bits per heavy atom. The SMILES string of the molecule is COCCN(C)CCNC1CCCC(C(C)C)CC1. The lowest BCUT2D eigenvalue weighted by Crippen LogP contribution is -2.36. The van der Waals surface area contributed by atoms with Gasteiger partial charge < -0.3 is 15.0 Å². The summed E-state index contributed by atoms with van der Waals surface area (Å²) in [5.41, 5.74) is 0. The summed E-state index contributed by atoms with van der Waals surface area (Å²) in [6, 6.07) is 0.750. The highest BCUT2D eigenvalue weighted by Crippen LogP contribution is 2.28. The van der Waals surface area contributed by atoms with Crippen molar-refractivity contribution in [3.05, 3.63) is 0 Å². The third-order valence-electron chi connectivity index (χ3n) is 4.56. The summed E-state index contributed by atoms with van der Waals surface area (Å²) in [7, 11) is 3.94. The Morgan fingerprint density at radius 3 is 2.63 bits per heavy atom. The Morgan fingerprint density at radius 2 is 1.95 bits per heavy atom. The molecule has 19 heavy (non-hydrogen) atoms. The van der Waals surface area contributed by atoms with Gasteiger partial charge in [0.25, 0.3) is 0 Å². The second-order valence-electron chi connectivity index (χ2n) is 6.46. The zero-order valence-corrected chi connectivity index (χ0v) is 13.5. The maximum Gasteiger partial charge on any atom is 0.0589 e. The summed E-state index contributed by atoms with van der Waals surface area (Å²) in [4.78, 5) is 2.34. The van der Waals surface area contributed by atoms with Crippen LogP contribution in [0.1, 0.15) is 46.0 Å². The van der Waals surface area contributed by atoms with Crippen LogP contribution in [-0.2, 0) is 4.74 Å². The molecule has 0 aromatic carbocycles. The minimum Gasteiger partial charge on any atom is -0.383 e. The average Bonchev–Trinajstić information content (AvgIpc) is 2.62. The van der Waals surface area contributed by atoms with Gasteiger partial charge in [-0.1, -0.05) is 26.7 Å². The highest BCUT2D eigenvalue weighted by molar-refractivity contribution is 4.76. The second kappa shape index (κ2) is 9.73. The first-order valence-corrected chi connectivity index (χ1v) is 8.04. The van der Waals surface area contributed by atoms with Crippen LogP contribution in [0.25, 0.3) is 0 Å². The summed E-state index contributed by atoms with van der Waals surface area (Å²) in [6.45, 7) is 8.84. The van der Waals surface area contributed by atoms with Crippen molar-refractivity contribution in [2.24, 2.45) is 11.8 Å². The Labute approximate surface area is 120 Å². The van der Waals surface area contributed by atoms with Crippen LogP contribution in [0.4, 0.5) is 0 Å². The molecule has 1 fully saturated rings. The van der Waals surface area contributed by atoms with Crippen molar-refractivity contribution in [2.75, 3.05) is 40.4 Å². The molecule has 1 aliphatic rings. The van der Waals surface area contributed by atoms with Crippen molar-refractivity contribution in [3.63, 3.8) is 0 Å². The molecule has 0 spiro atoms. The Bertz CT molecular complexity index is 221. The van der Waals surface area contributed by atoms with E-state index < -0.39 is 0 Å². The van der Waals surface area contributed by atoms with Gasteiger partial charge in [-0.05, 0) is 38.1 Å². The highest BCUT2D eigenvalue weighted by Gasteiger charge is 2.20. The van der Waals surface area contributed by atoms with E-state index in [-0.39, 0.29) is 0 Å². The van der Waals surface area contributed by atoms with E-state index in [0.717, 1.165) is 44.1 Å². The molecule has 0 aromatic heterocycles. The molecule has 2 unspecified atom stereocenters. The normalized spacial score (nSPS) is 24.9. The predicted molar refractivity (Wildman–Crippen MR) is 82.6 cm³/mol. The van der Waals surface area contributed by atoms with Crippen molar-refractivity contribution in [1.82, 2.24) is 10.2 Å². The Hall–Kier alpha value is -0.120. The van der Waals surface area contributed by atoms with Crippen LogP contribution in [-0.4, -0.2) is 51.3 Å².